The highest BCUT2D eigenvalue weighted by atomic mass is 32.1. The monoisotopic (exact) mass is 180 g/mol. The molecular formula is C10H12OS. The highest BCUT2D eigenvalue weighted by Crippen LogP contribution is 2.27. The van der Waals surface area contributed by atoms with Crippen LogP contribution in [0.3, 0.4) is 0 Å². The number of hydrogen-bond acceptors (Lipinski definition) is 2. The average molecular weight is 180 g/mol. The molecule has 1 heterocycles. The summed E-state index contributed by atoms with van der Waals surface area (Å²) in [5.74, 6) is 0.775. The van der Waals surface area contributed by atoms with Crippen LogP contribution in [0.15, 0.2) is 24.3 Å². The Morgan fingerprint density at radius 3 is 3.08 bits per heavy atom. The van der Waals surface area contributed by atoms with Crippen molar-refractivity contribution in [1.82, 2.24) is 0 Å². The highest BCUT2D eigenvalue weighted by Gasteiger charge is 2.18. The van der Waals surface area contributed by atoms with Crippen LogP contribution in [0.25, 0.3) is 0 Å². The fourth-order valence-electron chi connectivity index (χ4n) is 1.63. The molecule has 0 N–H and O–H groups in total. The van der Waals surface area contributed by atoms with Crippen LogP contribution < -0.4 is 0 Å². The maximum Gasteiger partial charge on any atom is 0.0915 e. The first-order valence-corrected chi connectivity index (χ1v) is 4.85. The SMILES string of the molecule is SC[C@H]1OCCc2ccccc21. The minimum atomic E-state index is 0.207. The molecule has 1 nitrogen and oxygen atoms in total. The van der Waals surface area contributed by atoms with Gasteiger partial charge in [0.15, 0.2) is 0 Å². The Morgan fingerprint density at radius 2 is 2.25 bits per heavy atom. The summed E-state index contributed by atoms with van der Waals surface area (Å²) in [6.07, 6.45) is 1.25. The number of fused-ring (bicyclic) bond motifs is 1. The molecule has 1 aliphatic rings. The fraction of sp³-hybridized carbons (Fsp3) is 0.400. The molecule has 0 radical (unpaired) electrons. The molecule has 12 heavy (non-hydrogen) atoms. The summed E-state index contributed by atoms with van der Waals surface area (Å²) in [5.41, 5.74) is 2.74. The van der Waals surface area contributed by atoms with Crippen LogP contribution >= 0.6 is 12.6 Å². The summed E-state index contributed by atoms with van der Waals surface area (Å²) in [5, 5.41) is 0. The van der Waals surface area contributed by atoms with Gasteiger partial charge in [0.25, 0.3) is 0 Å². The molecule has 2 rings (SSSR count). The third kappa shape index (κ3) is 1.37. The Labute approximate surface area is 78.2 Å². The zero-order valence-electron chi connectivity index (χ0n) is 6.86. The van der Waals surface area contributed by atoms with Gasteiger partial charge in [-0.3, -0.25) is 0 Å². The Hall–Kier alpha value is -0.470. The normalized spacial score (nSPS) is 21.9. The van der Waals surface area contributed by atoms with E-state index in [1.54, 1.807) is 0 Å². The predicted octanol–water partition coefficient (Wildman–Crippen LogP) is 2.23. The zero-order valence-corrected chi connectivity index (χ0v) is 7.76. The van der Waals surface area contributed by atoms with Crippen molar-refractivity contribution >= 4 is 12.6 Å². The van der Waals surface area contributed by atoms with Gasteiger partial charge in [0, 0.05) is 5.75 Å². The van der Waals surface area contributed by atoms with E-state index in [4.69, 9.17) is 4.74 Å². The number of ether oxygens (including phenoxy) is 1. The third-order valence-corrected chi connectivity index (χ3v) is 2.59. The van der Waals surface area contributed by atoms with E-state index < -0.39 is 0 Å². The summed E-state index contributed by atoms with van der Waals surface area (Å²) in [7, 11) is 0. The lowest BCUT2D eigenvalue weighted by Gasteiger charge is -2.24. The van der Waals surface area contributed by atoms with Crippen molar-refractivity contribution in [2.75, 3.05) is 12.4 Å². The van der Waals surface area contributed by atoms with Crippen LogP contribution in [-0.2, 0) is 11.2 Å². The maximum atomic E-state index is 5.58. The molecule has 1 aromatic rings. The van der Waals surface area contributed by atoms with Crippen molar-refractivity contribution in [3.8, 4) is 0 Å². The van der Waals surface area contributed by atoms with E-state index in [0.717, 1.165) is 18.8 Å². The van der Waals surface area contributed by atoms with Crippen LogP contribution in [0.5, 0.6) is 0 Å². The minimum absolute atomic E-state index is 0.207. The van der Waals surface area contributed by atoms with E-state index in [9.17, 15) is 0 Å². The highest BCUT2D eigenvalue weighted by molar-refractivity contribution is 7.80. The van der Waals surface area contributed by atoms with Gasteiger partial charge in [0.2, 0.25) is 0 Å². The second-order valence-corrected chi connectivity index (χ2v) is 3.36. The smallest absolute Gasteiger partial charge is 0.0915 e. The quantitative estimate of drug-likeness (QED) is 0.652. The molecule has 0 amide bonds. The lowest BCUT2D eigenvalue weighted by molar-refractivity contribution is 0.0590. The molecular weight excluding hydrogens is 168 g/mol. The van der Waals surface area contributed by atoms with E-state index in [1.165, 1.54) is 11.1 Å². The summed E-state index contributed by atoms with van der Waals surface area (Å²) >= 11 is 4.26. The topological polar surface area (TPSA) is 9.23 Å². The predicted molar refractivity (Wildman–Crippen MR) is 52.7 cm³/mol. The number of thiol groups is 1. The van der Waals surface area contributed by atoms with Gasteiger partial charge in [-0.05, 0) is 17.5 Å². The zero-order chi connectivity index (χ0) is 8.39. The van der Waals surface area contributed by atoms with Crippen molar-refractivity contribution in [3.05, 3.63) is 35.4 Å². The molecule has 0 saturated heterocycles. The van der Waals surface area contributed by atoms with Gasteiger partial charge in [0.1, 0.15) is 0 Å². The lowest BCUT2D eigenvalue weighted by atomic mass is 9.99. The van der Waals surface area contributed by atoms with E-state index >= 15 is 0 Å². The standard InChI is InChI=1S/C10H12OS/c12-7-10-9-4-2-1-3-8(9)5-6-11-10/h1-4,10,12H,5-7H2/t10-/m1/s1. The summed E-state index contributed by atoms with van der Waals surface area (Å²) < 4.78 is 5.58. The molecule has 0 aromatic heterocycles. The van der Waals surface area contributed by atoms with Gasteiger partial charge >= 0.3 is 0 Å². The first kappa shape index (κ1) is 8.14. The Morgan fingerprint density at radius 1 is 1.42 bits per heavy atom. The largest absolute Gasteiger partial charge is 0.372 e. The molecule has 64 valence electrons. The summed E-state index contributed by atoms with van der Waals surface area (Å²) in [6.45, 7) is 0.836. The van der Waals surface area contributed by atoms with Gasteiger partial charge in [-0.1, -0.05) is 24.3 Å². The number of rotatable bonds is 1. The fourth-order valence-corrected chi connectivity index (χ4v) is 1.93. The van der Waals surface area contributed by atoms with Crippen molar-refractivity contribution in [2.24, 2.45) is 0 Å². The van der Waals surface area contributed by atoms with Crippen molar-refractivity contribution < 1.29 is 4.74 Å². The van der Waals surface area contributed by atoms with Crippen LogP contribution in [0.4, 0.5) is 0 Å². The van der Waals surface area contributed by atoms with Crippen LogP contribution in [0, 0.1) is 0 Å². The van der Waals surface area contributed by atoms with Gasteiger partial charge in [0.05, 0.1) is 12.7 Å². The Balaban J connectivity index is 2.37. The minimum Gasteiger partial charge on any atom is -0.372 e. The van der Waals surface area contributed by atoms with E-state index in [1.807, 2.05) is 0 Å². The Bertz CT molecular complexity index is 272. The van der Waals surface area contributed by atoms with Gasteiger partial charge in [-0.2, -0.15) is 12.6 Å². The van der Waals surface area contributed by atoms with Crippen molar-refractivity contribution in [1.29, 1.82) is 0 Å². The van der Waals surface area contributed by atoms with Crippen LogP contribution in [0.2, 0.25) is 0 Å². The van der Waals surface area contributed by atoms with E-state index in [0.29, 0.717) is 0 Å². The Kier molecular flexibility index (Phi) is 2.38. The molecule has 0 aliphatic carbocycles. The molecule has 1 aromatic carbocycles. The van der Waals surface area contributed by atoms with Gasteiger partial charge in [-0.25, -0.2) is 0 Å². The maximum absolute atomic E-state index is 5.58. The average Bonchev–Trinajstić information content (AvgIpc) is 2.17. The number of hydrogen-bond donors (Lipinski definition) is 1. The van der Waals surface area contributed by atoms with Crippen LogP contribution in [-0.4, -0.2) is 12.4 Å². The molecule has 0 saturated carbocycles. The molecule has 1 atom stereocenters. The summed E-state index contributed by atoms with van der Waals surface area (Å²) in [6, 6.07) is 8.45. The van der Waals surface area contributed by atoms with E-state index in [-0.39, 0.29) is 6.10 Å². The lowest BCUT2D eigenvalue weighted by Crippen LogP contribution is -2.17. The second-order valence-electron chi connectivity index (χ2n) is 2.99. The van der Waals surface area contributed by atoms with Gasteiger partial charge < -0.3 is 4.74 Å². The third-order valence-electron chi connectivity index (χ3n) is 2.26. The molecule has 2 heteroatoms. The molecule has 0 spiro atoms. The first-order chi connectivity index (χ1) is 5.92. The van der Waals surface area contributed by atoms with Crippen molar-refractivity contribution in [3.63, 3.8) is 0 Å². The van der Waals surface area contributed by atoms with Crippen LogP contribution in [0.1, 0.15) is 17.2 Å². The number of benzene rings is 1. The molecule has 0 bridgehead atoms. The second kappa shape index (κ2) is 3.50. The first-order valence-electron chi connectivity index (χ1n) is 4.22. The molecule has 0 unspecified atom stereocenters. The molecule has 0 fully saturated rings. The van der Waals surface area contributed by atoms with Crippen molar-refractivity contribution in [2.45, 2.75) is 12.5 Å². The molecule has 1 aliphatic heterocycles. The van der Waals surface area contributed by atoms with E-state index in [2.05, 4.69) is 36.9 Å². The summed E-state index contributed by atoms with van der Waals surface area (Å²) in [4.78, 5) is 0. The van der Waals surface area contributed by atoms with Gasteiger partial charge in [-0.15, -0.1) is 0 Å².